The molecular formula is C25H24N2O2S2. The van der Waals surface area contributed by atoms with E-state index in [4.69, 9.17) is 4.74 Å². The number of hydrogen-bond acceptors (Lipinski definition) is 4. The van der Waals surface area contributed by atoms with Crippen molar-refractivity contribution in [2.75, 3.05) is 12.0 Å². The van der Waals surface area contributed by atoms with E-state index in [-0.39, 0.29) is 5.91 Å². The lowest BCUT2D eigenvalue weighted by Gasteiger charge is -2.07. The Morgan fingerprint density at radius 3 is 2.52 bits per heavy atom. The van der Waals surface area contributed by atoms with Gasteiger partial charge in [0.25, 0.3) is 5.91 Å². The minimum Gasteiger partial charge on any atom is -0.457 e. The van der Waals surface area contributed by atoms with Crippen LogP contribution in [0, 0.1) is 13.8 Å². The zero-order valence-electron chi connectivity index (χ0n) is 17.8. The van der Waals surface area contributed by atoms with E-state index in [2.05, 4.69) is 41.8 Å². The van der Waals surface area contributed by atoms with Gasteiger partial charge in [-0.15, -0.1) is 0 Å². The molecule has 1 heterocycles. The lowest BCUT2D eigenvalue weighted by atomic mass is 10.1. The molecule has 3 aromatic carbocycles. The van der Waals surface area contributed by atoms with Crippen molar-refractivity contribution in [2.24, 2.45) is 4.99 Å². The molecule has 4 rings (SSSR count). The molecular weight excluding hydrogens is 424 g/mol. The number of ether oxygens (including phenoxy) is 1. The summed E-state index contributed by atoms with van der Waals surface area (Å²) in [5.74, 6) is 2.04. The number of fused-ring (bicyclic) bond motifs is 1. The molecule has 158 valence electrons. The van der Waals surface area contributed by atoms with Gasteiger partial charge in [0, 0.05) is 17.9 Å². The van der Waals surface area contributed by atoms with E-state index in [1.165, 1.54) is 11.1 Å². The van der Waals surface area contributed by atoms with Crippen molar-refractivity contribution >= 4 is 39.2 Å². The molecule has 0 spiro atoms. The van der Waals surface area contributed by atoms with Gasteiger partial charge in [0.15, 0.2) is 4.80 Å². The van der Waals surface area contributed by atoms with Crippen molar-refractivity contribution in [3.63, 3.8) is 0 Å². The molecule has 0 unspecified atom stereocenters. The molecule has 0 aliphatic rings. The number of thioether (sulfide) groups is 1. The van der Waals surface area contributed by atoms with Crippen LogP contribution in [-0.4, -0.2) is 22.5 Å². The average molecular weight is 449 g/mol. The van der Waals surface area contributed by atoms with E-state index < -0.39 is 0 Å². The molecule has 4 aromatic rings. The lowest BCUT2D eigenvalue weighted by Crippen LogP contribution is -2.18. The molecule has 0 fully saturated rings. The van der Waals surface area contributed by atoms with E-state index in [1.807, 2.05) is 42.5 Å². The topological polar surface area (TPSA) is 43.6 Å². The third-order valence-electron chi connectivity index (χ3n) is 5.07. The van der Waals surface area contributed by atoms with Crippen molar-refractivity contribution < 1.29 is 9.53 Å². The normalized spacial score (nSPS) is 11.8. The van der Waals surface area contributed by atoms with Crippen LogP contribution in [-0.2, 0) is 6.54 Å². The van der Waals surface area contributed by atoms with Crippen LogP contribution in [0.15, 0.2) is 71.7 Å². The van der Waals surface area contributed by atoms with Crippen LogP contribution in [0.2, 0.25) is 0 Å². The third kappa shape index (κ3) is 4.92. The van der Waals surface area contributed by atoms with Gasteiger partial charge in [-0.05, 0) is 73.7 Å². The summed E-state index contributed by atoms with van der Waals surface area (Å²) in [5, 5.41) is 0. The second-order valence-corrected chi connectivity index (χ2v) is 9.29. The van der Waals surface area contributed by atoms with E-state index in [1.54, 1.807) is 35.2 Å². The molecule has 0 N–H and O–H groups in total. The third-order valence-corrected chi connectivity index (χ3v) is 6.71. The minimum atomic E-state index is -0.267. The molecule has 0 aliphatic carbocycles. The first kappa shape index (κ1) is 21.4. The van der Waals surface area contributed by atoms with Gasteiger partial charge in [-0.1, -0.05) is 35.6 Å². The van der Waals surface area contributed by atoms with Crippen molar-refractivity contribution in [3.8, 4) is 11.5 Å². The summed E-state index contributed by atoms with van der Waals surface area (Å²) in [6.07, 6.45) is 2.09. The fraction of sp³-hybridized carbons (Fsp3) is 0.200. The molecule has 1 aromatic heterocycles. The van der Waals surface area contributed by atoms with Gasteiger partial charge in [-0.2, -0.15) is 16.8 Å². The zero-order valence-corrected chi connectivity index (χ0v) is 19.4. The Labute approximate surface area is 190 Å². The van der Waals surface area contributed by atoms with E-state index in [9.17, 15) is 4.79 Å². The number of nitrogens with zero attached hydrogens (tertiary/aromatic N) is 2. The van der Waals surface area contributed by atoms with Crippen LogP contribution < -0.4 is 9.54 Å². The lowest BCUT2D eigenvalue weighted by molar-refractivity contribution is 0.0997. The molecule has 0 atom stereocenters. The minimum absolute atomic E-state index is 0.267. The predicted octanol–water partition coefficient (Wildman–Crippen LogP) is 6.22. The number of aryl methyl sites for hydroxylation is 3. The maximum atomic E-state index is 13.0. The second-order valence-electron chi connectivity index (χ2n) is 7.29. The first-order chi connectivity index (χ1) is 15.0. The van der Waals surface area contributed by atoms with Crippen molar-refractivity contribution in [1.29, 1.82) is 0 Å². The molecule has 0 saturated carbocycles. The summed E-state index contributed by atoms with van der Waals surface area (Å²) < 4.78 is 9.18. The van der Waals surface area contributed by atoms with E-state index in [0.717, 1.165) is 33.1 Å². The highest BCUT2D eigenvalue weighted by molar-refractivity contribution is 7.98. The van der Waals surface area contributed by atoms with Crippen LogP contribution in [0.4, 0.5) is 0 Å². The second kappa shape index (κ2) is 9.54. The standard InChI is InChI=1S/C25H24N2O2S2/c1-17-14-22-23(15-18(17)2)31-25(27(22)12-13-30-3)26-24(28)19-8-7-11-21(16-19)29-20-9-5-4-6-10-20/h4-11,14-16H,12-13H2,1-3H3. The van der Waals surface area contributed by atoms with Crippen LogP contribution >= 0.6 is 23.1 Å². The first-order valence-corrected chi connectivity index (χ1v) is 12.3. The largest absolute Gasteiger partial charge is 0.457 e. The number of aromatic nitrogens is 1. The molecule has 0 radical (unpaired) electrons. The van der Waals surface area contributed by atoms with Gasteiger partial charge in [0.05, 0.1) is 10.2 Å². The number of rotatable bonds is 6. The van der Waals surface area contributed by atoms with Crippen molar-refractivity contribution in [2.45, 2.75) is 20.4 Å². The monoisotopic (exact) mass is 448 g/mol. The van der Waals surface area contributed by atoms with Gasteiger partial charge >= 0.3 is 0 Å². The smallest absolute Gasteiger partial charge is 0.279 e. The Morgan fingerprint density at radius 2 is 1.74 bits per heavy atom. The number of carbonyl (C=O) groups is 1. The number of hydrogen-bond donors (Lipinski definition) is 0. The number of thiazole rings is 1. The highest BCUT2D eigenvalue weighted by atomic mass is 32.2. The van der Waals surface area contributed by atoms with Gasteiger partial charge in [0.2, 0.25) is 0 Å². The summed E-state index contributed by atoms with van der Waals surface area (Å²) >= 11 is 3.35. The first-order valence-electron chi connectivity index (χ1n) is 10.1. The summed E-state index contributed by atoms with van der Waals surface area (Å²) in [5.41, 5.74) is 4.13. The van der Waals surface area contributed by atoms with Crippen molar-refractivity contribution in [3.05, 3.63) is 88.2 Å². The van der Waals surface area contributed by atoms with Crippen LogP contribution in [0.5, 0.6) is 11.5 Å². The van der Waals surface area contributed by atoms with Crippen LogP contribution in [0.3, 0.4) is 0 Å². The number of benzene rings is 3. The van der Waals surface area contributed by atoms with Gasteiger partial charge in [-0.25, -0.2) is 0 Å². The van der Waals surface area contributed by atoms with Crippen LogP contribution in [0.25, 0.3) is 10.2 Å². The molecule has 31 heavy (non-hydrogen) atoms. The van der Waals surface area contributed by atoms with E-state index >= 15 is 0 Å². The summed E-state index contributed by atoms with van der Waals surface area (Å²) in [6.45, 7) is 5.04. The maximum Gasteiger partial charge on any atom is 0.279 e. The molecule has 1 amide bonds. The molecule has 0 aliphatic heterocycles. The van der Waals surface area contributed by atoms with Gasteiger partial charge < -0.3 is 9.30 Å². The number of carbonyl (C=O) groups excluding carboxylic acids is 1. The quantitative estimate of drug-likeness (QED) is 0.352. The SMILES string of the molecule is CSCCn1c(=NC(=O)c2cccc(Oc3ccccc3)c2)sc2cc(C)c(C)cc21. The Morgan fingerprint density at radius 1 is 1.00 bits per heavy atom. The highest BCUT2D eigenvalue weighted by Crippen LogP contribution is 2.24. The summed E-state index contributed by atoms with van der Waals surface area (Å²) in [4.78, 5) is 18.3. The molecule has 0 saturated heterocycles. The fourth-order valence-corrected chi connectivity index (χ4v) is 4.77. The Kier molecular flexibility index (Phi) is 6.59. The molecule has 6 heteroatoms. The molecule has 0 bridgehead atoms. The molecule has 4 nitrogen and oxygen atoms in total. The summed E-state index contributed by atoms with van der Waals surface area (Å²) in [7, 11) is 0. The highest BCUT2D eigenvalue weighted by Gasteiger charge is 2.11. The predicted molar refractivity (Wildman–Crippen MR) is 131 cm³/mol. The number of para-hydroxylation sites is 1. The average Bonchev–Trinajstić information content (AvgIpc) is 3.09. The fourth-order valence-electron chi connectivity index (χ4n) is 3.27. The Balaban J connectivity index is 1.71. The maximum absolute atomic E-state index is 13.0. The summed E-state index contributed by atoms with van der Waals surface area (Å²) in [6, 6.07) is 21.1. The van der Waals surface area contributed by atoms with Crippen molar-refractivity contribution in [1.82, 2.24) is 4.57 Å². The van der Waals surface area contributed by atoms with E-state index in [0.29, 0.717) is 11.3 Å². The Hall–Kier alpha value is -2.83. The zero-order chi connectivity index (χ0) is 21.8. The van der Waals surface area contributed by atoms with Gasteiger partial charge in [-0.3, -0.25) is 4.79 Å². The van der Waals surface area contributed by atoms with Crippen LogP contribution in [0.1, 0.15) is 21.5 Å². The number of amides is 1. The van der Waals surface area contributed by atoms with Gasteiger partial charge in [0.1, 0.15) is 11.5 Å². The Bertz CT molecular complexity index is 1290.